The van der Waals surface area contributed by atoms with Crippen molar-refractivity contribution in [3.63, 3.8) is 0 Å². The van der Waals surface area contributed by atoms with Gasteiger partial charge in [0, 0.05) is 18.1 Å². The molecule has 3 aromatic rings. The molecule has 3 heterocycles. The molecule has 0 radical (unpaired) electrons. The highest BCUT2D eigenvalue weighted by atomic mass is 16.5. The van der Waals surface area contributed by atoms with Crippen molar-refractivity contribution in [1.82, 2.24) is 15.4 Å². The molecule has 0 aliphatic carbocycles. The summed E-state index contributed by atoms with van der Waals surface area (Å²) >= 11 is 0. The van der Waals surface area contributed by atoms with Crippen molar-refractivity contribution < 1.29 is 19.2 Å². The number of fused-ring (bicyclic) bond motifs is 2. The van der Waals surface area contributed by atoms with Gasteiger partial charge in [-0.05, 0) is 30.2 Å². The number of nitrogens with zero attached hydrogens (tertiary/aromatic N) is 2. The molecule has 2 N–H and O–H groups in total. The van der Waals surface area contributed by atoms with Crippen molar-refractivity contribution in [1.29, 1.82) is 0 Å². The number of carbonyl (C=O) groups is 2. The number of hydroxylamine groups is 1. The third-order valence-electron chi connectivity index (χ3n) is 4.34. The Kier molecular flexibility index (Phi) is 3.70. The second-order valence-electron chi connectivity index (χ2n) is 5.90. The van der Waals surface area contributed by atoms with Gasteiger partial charge < -0.3 is 9.32 Å². The fourth-order valence-electron chi connectivity index (χ4n) is 3.02. The van der Waals surface area contributed by atoms with Crippen molar-refractivity contribution >= 4 is 22.8 Å². The Labute approximate surface area is 142 Å². The number of aromatic nitrogens is 1. The second-order valence-corrected chi connectivity index (χ2v) is 5.90. The normalized spacial score (nSPS) is 13.6. The maximum Gasteiger partial charge on any atom is 0.289 e. The zero-order valence-corrected chi connectivity index (χ0v) is 13.2. The van der Waals surface area contributed by atoms with Crippen LogP contribution in [0.25, 0.3) is 11.0 Å². The lowest BCUT2D eigenvalue weighted by Crippen LogP contribution is -2.36. The molecular weight excluding hydrogens is 322 g/mol. The highest BCUT2D eigenvalue weighted by molar-refractivity contribution is 5.96. The molecule has 0 unspecified atom stereocenters. The molecule has 0 saturated heterocycles. The topological polar surface area (TPSA) is 95.7 Å². The van der Waals surface area contributed by atoms with Gasteiger partial charge in [-0.1, -0.05) is 18.2 Å². The van der Waals surface area contributed by atoms with Crippen molar-refractivity contribution in [2.75, 3.05) is 6.54 Å². The van der Waals surface area contributed by atoms with E-state index < -0.39 is 5.91 Å². The van der Waals surface area contributed by atoms with Gasteiger partial charge in [0.1, 0.15) is 5.58 Å². The van der Waals surface area contributed by atoms with Crippen LogP contribution < -0.4 is 5.48 Å². The smallest absolute Gasteiger partial charge is 0.289 e. The Balaban J connectivity index is 1.57. The van der Waals surface area contributed by atoms with Crippen LogP contribution >= 0.6 is 0 Å². The van der Waals surface area contributed by atoms with Gasteiger partial charge in [0.2, 0.25) is 0 Å². The van der Waals surface area contributed by atoms with Gasteiger partial charge in [0.05, 0.1) is 17.8 Å². The number of amides is 2. The SMILES string of the molecule is O=C(NO)c1cnc2c(c1)CCN(C(=O)c1cc3ccccc3o1)C2. The number of hydrogen-bond acceptors (Lipinski definition) is 5. The quantitative estimate of drug-likeness (QED) is 0.552. The predicted molar refractivity (Wildman–Crippen MR) is 88.1 cm³/mol. The number of rotatable bonds is 2. The van der Waals surface area contributed by atoms with Gasteiger partial charge in [-0.2, -0.15) is 0 Å². The van der Waals surface area contributed by atoms with E-state index in [0.717, 1.165) is 16.6 Å². The highest BCUT2D eigenvalue weighted by Crippen LogP contribution is 2.23. The minimum Gasteiger partial charge on any atom is -0.451 e. The van der Waals surface area contributed by atoms with Crippen LogP contribution in [0.4, 0.5) is 0 Å². The van der Waals surface area contributed by atoms with Crippen LogP contribution in [0.3, 0.4) is 0 Å². The van der Waals surface area contributed by atoms with Crippen molar-refractivity contribution in [2.24, 2.45) is 0 Å². The summed E-state index contributed by atoms with van der Waals surface area (Å²) < 4.78 is 5.64. The molecular formula is C18H15N3O4. The first-order chi connectivity index (χ1) is 12.2. The number of para-hydroxylation sites is 1. The maximum absolute atomic E-state index is 12.7. The van der Waals surface area contributed by atoms with E-state index in [9.17, 15) is 9.59 Å². The Bertz CT molecular complexity index is 946. The van der Waals surface area contributed by atoms with E-state index >= 15 is 0 Å². The van der Waals surface area contributed by atoms with Crippen LogP contribution in [-0.2, 0) is 13.0 Å². The first kappa shape index (κ1) is 15.3. The number of pyridine rings is 1. The third kappa shape index (κ3) is 2.74. The van der Waals surface area contributed by atoms with Crippen LogP contribution in [0, 0.1) is 0 Å². The lowest BCUT2D eigenvalue weighted by Gasteiger charge is -2.27. The second kappa shape index (κ2) is 6.03. The summed E-state index contributed by atoms with van der Waals surface area (Å²) in [5, 5.41) is 9.59. The zero-order valence-electron chi connectivity index (χ0n) is 13.2. The molecule has 0 spiro atoms. The van der Waals surface area contributed by atoms with Gasteiger partial charge in [-0.25, -0.2) is 5.48 Å². The molecule has 0 saturated carbocycles. The molecule has 1 aliphatic heterocycles. The molecule has 7 heteroatoms. The zero-order chi connectivity index (χ0) is 17.4. The van der Waals surface area contributed by atoms with Crippen LogP contribution in [0.2, 0.25) is 0 Å². The number of hydrogen-bond donors (Lipinski definition) is 2. The van der Waals surface area contributed by atoms with Crippen LogP contribution in [-0.4, -0.2) is 33.5 Å². The molecule has 2 amide bonds. The lowest BCUT2D eigenvalue weighted by molar-refractivity contribution is 0.0692. The van der Waals surface area contributed by atoms with Gasteiger partial charge in [0.15, 0.2) is 5.76 Å². The number of carbonyl (C=O) groups excluding carboxylic acids is 2. The summed E-state index contributed by atoms with van der Waals surface area (Å²) in [6.45, 7) is 0.862. The van der Waals surface area contributed by atoms with Gasteiger partial charge in [-0.3, -0.25) is 19.8 Å². The molecule has 25 heavy (non-hydrogen) atoms. The average Bonchev–Trinajstić information content (AvgIpc) is 3.10. The fourth-order valence-corrected chi connectivity index (χ4v) is 3.02. The van der Waals surface area contributed by atoms with Crippen LogP contribution in [0.1, 0.15) is 32.2 Å². The van der Waals surface area contributed by atoms with E-state index in [1.54, 1.807) is 22.5 Å². The van der Waals surface area contributed by atoms with E-state index in [4.69, 9.17) is 9.62 Å². The standard InChI is InChI=1S/C18H15N3O4/c22-17(20-24)13-7-11-5-6-21(10-14(11)19-9-13)18(23)16-8-12-3-1-2-4-15(12)25-16/h1-4,7-9,24H,5-6,10H2,(H,20,22). The molecule has 4 rings (SSSR count). The van der Waals surface area contributed by atoms with E-state index in [2.05, 4.69) is 4.98 Å². The number of benzene rings is 1. The summed E-state index contributed by atoms with van der Waals surface area (Å²) in [6.07, 6.45) is 1.97. The molecule has 0 fully saturated rings. The van der Waals surface area contributed by atoms with E-state index in [1.807, 2.05) is 24.3 Å². The van der Waals surface area contributed by atoms with Crippen molar-refractivity contribution in [3.8, 4) is 0 Å². The third-order valence-corrected chi connectivity index (χ3v) is 4.34. The molecule has 126 valence electrons. The first-order valence-electron chi connectivity index (χ1n) is 7.86. The lowest BCUT2D eigenvalue weighted by atomic mass is 10.0. The van der Waals surface area contributed by atoms with Gasteiger partial charge in [-0.15, -0.1) is 0 Å². The van der Waals surface area contributed by atoms with Gasteiger partial charge in [0.25, 0.3) is 11.8 Å². The molecule has 0 bridgehead atoms. The largest absolute Gasteiger partial charge is 0.451 e. The summed E-state index contributed by atoms with van der Waals surface area (Å²) in [5.74, 6) is -0.474. The van der Waals surface area contributed by atoms with Crippen molar-refractivity contribution in [2.45, 2.75) is 13.0 Å². The Morgan fingerprint density at radius 3 is 2.88 bits per heavy atom. The minimum absolute atomic E-state index is 0.180. The summed E-state index contributed by atoms with van der Waals surface area (Å²) in [7, 11) is 0. The molecule has 2 aromatic heterocycles. The fraction of sp³-hybridized carbons (Fsp3) is 0.167. The van der Waals surface area contributed by atoms with Gasteiger partial charge >= 0.3 is 0 Å². The number of furan rings is 1. The molecule has 1 aromatic carbocycles. The molecule has 0 atom stereocenters. The summed E-state index contributed by atoms with van der Waals surface area (Å²) in [5.41, 5.74) is 4.20. The predicted octanol–water partition coefficient (Wildman–Crippen LogP) is 2.15. The summed E-state index contributed by atoms with van der Waals surface area (Å²) in [4.78, 5) is 30.1. The number of nitrogens with one attached hydrogen (secondary N) is 1. The first-order valence-corrected chi connectivity index (χ1v) is 7.86. The highest BCUT2D eigenvalue weighted by Gasteiger charge is 2.25. The van der Waals surface area contributed by atoms with Crippen molar-refractivity contribution in [3.05, 3.63) is 65.2 Å². The Morgan fingerprint density at radius 1 is 1.24 bits per heavy atom. The molecule has 7 nitrogen and oxygen atoms in total. The maximum atomic E-state index is 12.7. The average molecular weight is 337 g/mol. The summed E-state index contributed by atoms with van der Waals surface area (Å²) in [6, 6.07) is 10.9. The Morgan fingerprint density at radius 2 is 2.08 bits per heavy atom. The van der Waals surface area contributed by atoms with Crippen LogP contribution in [0.5, 0.6) is 0 Å². The Hall–Kier alpha value is -3.19. The monoisotopic (exact) mass is 337 g/mol. The van der Waals surface area contributed by atoms with E-state index in [0.29, 0.717) is 36.4 Å². The van der Waals surface area contributed by atoms with E-state index in [-0.39, 0.29) is 5.91 Å². The van der Waals surface area contributed by atoms with Crippen LogP contribution in [0.15, 0.2) is 47.0 Å². The molecule has 1 aliphatic rings. The van der Waals surface area contributed by atoms with E-state index in [1.165, 1.54) is 6.20 Å². The minimum atomic E-state index is -0.601.